The Morgan fingerprint density at radius 1 is 1.35 bits per heavy atom. The van der Waals surface area contributed by atoms with Gasteiger partial charge in [0.1, 0.15) is 11.6 Å². The molecule has 0 aliphatic heterocycles. The van der Waals surface area contributed by atoms with Crippen LogP contribution in [0.5, 0.6) is 0 Å². The molecule has 2 aromatic rings. The molecule has 0 spiro atoms. The highest BCUT2D eigenvalue weighted by Gasteiger charge is 2.16. The Morgan fingerprint density at radius 3 is 2.78 bits per heavy atom. The Hall–Kier alpha value is -2.41. The van der Waals surface area contributed by atoms with Crippen molar-refractivity contribution in [2.75, 3.05) is 5.32 Å². The maximum absolute atomic E-state index is 13.0. The van der Waals surface area contributed by atoms with Gasteiger partial charge in [0.2, 0.25) is 0 Å². The summed E-state index contributed by atoms with van der Waals surface area (Å²) in [6, 6.07) is 8.77. The van der Waals surface area contributed by atoms with Crippen LogP contribution >= 0.6 is 15.9 Å². The van der Waals surface area contributed by atoms with Crippen molar-refractivity contribution in [3.63, 3.8) is 0 Å². The maximum atomic E-state index is 13.0. The fraction of sp³-hybridized carbons (Fsp3) is 0.125. The average molecular weight is 382 g/mol. The maximum Gasteiger partial charge on any atom is 0.331 e. The van der Waals surface area contributed by atoms with Crippen molar-refractivity contribution in [1.29, 1.82) is 0 Å². The number of amides is 1. The van der Waals surface area contributed by atoms with Crippen LogP contribution in [0.2, 0.25) is 0 Å². The molecule has 0 fully saturated rings. The van der Waals surface area contributed by atoms with E-state index in [0.29, 0.717) is 10.4 Å². The topological polar surface area (TPSA) is 68.5 Å². The standard InChI is InChI=1S/C16H13BrFNO4/c1-10(16(21)19-12-4-2-3-11(18)9-12)22-15(20)8-6-13-5-7-14(17)23-13/h2-10H,1H3,(H,19,21)/b8-6+. The molecule has 0 aliphatic carbocycles. The van der Waals surface area contributed by atoms with Crippen molar-refractivity contribution in [3.05, 3.63) is 58.7 Å². The third-order valence-electron chi connectivity index (χ3n) is 2.73. The lowest BCUT2D eigenvalue weighted by Gasteiger charge is -2.12. The number of carbonyl (C=O) groups excluding carboxylic acids is 2. The van der Waals surface area contributed by atoms with Gasteiger partial charge in [-0.25, -0.2) is 9.18 Å². The van der Waals surface area contributed by atoms with Crippen molar-refractivity contribution in [3.8, 4) is 0 Å². The molecule has 0 saturated carbocycles. The molecule has 23 heavy (non-hydrogen) atoms. The molecule has 1 aromatic carbocycles. The van der Waals surface area contributed by atoms with E-state index in [2.05, 4.69) is 21.2 Å². The van der Waals surface area contributed by atoms with E-state index in [1.54, 1.807) is 12.1 Å². The Bertz CT molecular complexity index is 741. The summed E-state index contributed by atoms with van der Waals surface area (Å²) in [5, 5.41) is 2.46. The predicted molar refractivity (Wildman–Crippen MR) is 86.0 cm³/mol. The minimum atomic E-state index is -1.03. The van der Waals surface area contributed by atoms with E-state index in [-0.39, 0.29) is 5.69 Å². The summed E-state index contributed by atoms with van der Waals surface area (Å²) in [4.78, 5) is 23.5. The second-order valence-electron chi connectivity index (χ2n) is 4.55. The van der Waals surface area contributed by atoms with Gasteiger partial charge in [-0.05, 0) is 59.3 Å². The molecule has 7 heteroatoms. The number of furan rings is 1. The second kappa shape index (κ2) is 7.73. The molecule has 0 radical (unpaired) electrons. The Morgan fingerprint density at radius 2 is 2.13 bits per heavy atom. The fourth-order valence-corrected chi connectivity index (χ4v) is 1.96. The van der Waals surface area contributed by atoms with Crippen LogP contribution in [0, 0.1) is 5.82 Å². The molecule has 1 atom stereocenters. The molecular weight excluding hydrogens is 369 g/mol. The molecule has 0 saturated heterocycles. The van der Waals surface area contributed by atoms with E-state index in [1.807, 2.05) is 0 Å². The highest BCUT2D eigenvalue weighted by molar-refractivity contribution is 9.10. The van der Waals surface area contributed by atoms with Crippen LogP contribution in [-0.4, -0.2) is 18.0 Å². The SMILES string of the molecule is CC(OC(=O)/C=C/c1ccc(Br)o1)C(=O)Nc1cccc(F)c1. The normalized spacial score (nSPS) is 12.1. The zero-order valence-electron chi connectivity index (χ0n) is 12.1. The zero-order valence-corrected chi connectivity index (χ0v) is 13.7. The number of anilines is 1. The Balaban J connectivity index is 1.87. The summed E-state index contributed by atoms with van der Waals surface area (Å²) in [5.74, 6) is -1.26. The second-order valence-corrected chi connectivity index (χ2v) is 5.34. The monoisotopic (exact) mass is 381 g/mol. The van der Waals surface area contributed by atoms with Crippen molar-refractivity contribution in [1.82, 2.24) is 0 Å². The van der Waals surface area contributed by atoms with Gasteiger partial charge in [0.25, 0.3) is 5.91 Å². The molecular formula is C16H13BrFNO4. The first kappa shape index (κ1) is 17.0. The number of ether oxygens (including phenoxy) is 1. The van der Waals surface area contributed by atoms with Crippen LogP contribution in [0.1, 0.15) is 12.7 Å². The lowest BCUT2D eigenvalue weighted by atomic mass is 10.3. The lowest BCUT2D eigenvalue weighted by molar-refractivity contribution is -0.148. The third-order valence-corrected chi connectivity index (χ3v) is 3.16. The summed E-state index contributed by atoms with van der Waals surface area (Å²) in [6.45, 7) is 1.42. The minimum Gasteiger partial charge on any atom is -0.450 e. The van der Waals surface area contributed by atoms with E-state index in [1.165, 1.54) is 37.3 Å². The quantitative estimate of drug-likeness (QED) is 0.632. The van der Waals surface area contributed by atoms with Gasteiger partial charge >= 0.3 is 5.97 Å². The summed E-state index contributed by atoms with van der Waals surface area (Å²) >= 11 is 3.14. The van der Waals surface area contributed by atoms with Gasteiger partial charge in [-0.15, -0.1) is 0 Å². The first-order chi connectivity index (χ1) is 10.9. The first-order valence-corrected chi connectivity index (χ1v) is 7.44. The Labute approximate surface area is 140 Å². The third kappa shape index (κ3) is 5.37. The summed E-state index contributed by atoms with van der Waals surface area (Å²) < 4.78 is 23.7. The summed E-state index contributed by atoms with van der Waals surface area (Å²) in [7, 11) is 0. The van der Waals surface area contributed by atoms with E-state index in [4.69, 9.17) is 9.15 Å². The molecule has 5 nitrogen and oxygen atoms in total. The molecule has 1 heterocycles. The molecule has 0 aliphatic rings. The van der Waals surface area contributed by atoms with E-state index < -0.39 is 23.8 Å². The number of esters is 1. The molecule has 1 N–H and O–H groups in total. The zero-order chi connectivity index (χ0) is 16.8. The van der Waals surface area contributed by atoms with E-state index in [0.717, 1.165) is 6.08 Å². The highest BCUT2D eigenvalue weighted by atomic mass is 79.9. The lowest BCUT2D eigenvalue weighted by Crippen LogP contribution is -2.29. The number of benzene rings is 1. The van der Waals surface area contributed by atoms with E-state index >= 15 is 0 Å². The van der Waals surface area contributed by atoms with Gasteiger partial charge in [0.15, 0.2) is 10.8 Å². The average Bonchev–Trinajstić information content (AvgIpc) is 2.90. The van der Waals surface area contributed by atoms with E-state index in [9.17, 15) is 14.0 Å². The van der Waals surface area contributed by atoms with Crippen LogP contribution < -0.4 is 5.32 Å². The van der Waals surface area contributed by atoms with Crippen molar-refractivity contribution < 1.29 is 23.1 Å². The molecule has 1 amide bonds. The summed E-state index contributed by atoms with van der Waals surface area (Å²) in [5.41, 5.74) is 0.286. The van der Waals surface area contributed by atoms with Crippen LogP contribution in [0.15, 0.2) is 51.6 Å². The number of rotatable bonds is 5. The molecule has 120 valence electrons. The highest BCUT2D eigenvalue weighted by Crippen LogP contribution is 2.15. The van der Waals surface area contributed by atoms with Gasteiger partial charge in [0, 0.05) is 11.8 Å². The molecule has 1 unspecified atom stereocenters. The largest absolute Gasteiger partial charge is 0.450 e. The van der Waals surface area contributed by atoms with Crippen LogP contribution in [0.3, 0.4) is 0 Å². The molecule has 2 rings (SSSR count). The number of carbonyl (C=O) groups is 2. The van der Waals surface area contributed by atoms with Crippen LogP contribution in [0.25, 0.3) is 6.08 Å². The van der Waals surface area contributed by atoms with Crippen molar-refractivity contribution >= 4 is 39.6 Å². The molecule has 0 bridgehead atoms. The predicted octanol–water partition coefficient (Wildman–Crippen LogP) is 3.76. The fourth-order valence-electron chi connectivity index (χ4n) is 1.65. The van der Waals surface area contributed by atoms with Crippen molar-refractivity contribution in [2.24, 2.45) is 0 Å². The number of halogens is 2. The number of hydrogen-bond donors (Lipinski definition) is 1. The van der Waals surface area contributed by atoms with Gasteiger partial charge < -0.3 is 14.5 Å². The van der Waals surface area contributed by atoms with Crippen LogP contribution in [-0.2, 0) is 14.3 Å². The molecule has 1 aromatic heterocycles. The first-order valence-electron chi connectivity index (χ1n) is 6.64. The van der Waals surface area contributed by atoms with Crippen LogP contribution in [0.4, 0.5) is 10.1 Å². The van der Waals surface area contributed by atoms with Gasteiger partial charge in [-0.3, -0.25) is 4.79 Å². The van der Waals surface area contributed by atoms with Gasteiger partial charge in [0.05, 0.1) is 0 Å². The minimum absolute atomic E-state index is 0.286. The number of nitrogens with one attached hydrogen (secondary N) is 1. The number of hydrogen-bond acceptors (Lipinski definition) is 4. The van der Waals surface area contributed by atoms with Gasteiger partial charge in [-0.2, -0.15) is 0 Å². The smallest absolute Gasteiger partial charge is 0.331 e. The summed E-state index contributed by atoms with van der Waals surface area (Å²) in [6.07, 6.45) is 1.54. The Kier molecular flexibility index (Phi) is 5.70. The van der Waals surface area contributed by atoms with Gasteiger partial charge in [-0.1, -0.05) is 6.07 Å². The van der Waals surface area contributed by atoms with Crippen molar-refractivity contribution in [2.45, 2.75) is 13.0 Å².